The lowest BCUT2D eigenvalue weighted by Crippen LogP contribution is -2.29. The molecule has 1 aromatic heterocycles. The Morgan fingerprint density at radius 1 is 0.784 bits per heavy atom. The summed E-state index contributed by atoms with van der Waals surface area (Å²) >= 11 is 0. The van der Waals surface area contributed by atoms with Gasteiger partial charge in [-0.25, -0.2) is 9.69 Å². The number of fused-ring (bicyclic) bond motifs is 1. The Hall–Kier alpha value is -5.04. The molecule has 0 saturated carbocycles. The number of carbonyl (C=O) groups is 1. The van der Waals surface area contributed by atoms with Gasteiger partial charge in [0.2, 0.25) is 11.2 Å². The zero-order chi connectivity index (χ0) is 25.8. The number of anilines is 2. The van der Waals surface area contributed by atoms with Crippen LogP contribution in [0.4, 0.5) is 16.2 Å². The molecule has 0 saturated heterocycles. The molecular weight excluding hydrogens is 470 g/mol. The molecule has 0 fully saturated rings. The first-order valence-corrected chi connectivity index (χ1v) is 11.6. The topological polar surface area (TPSA) is 78.2 Å². The number of nitrogens with zero attached hydrogens (tertiary/aromatic N) is 1. The summed E-state index contributed by atoms with van der Waals surface area (Å²) in [6, 6.07) is 30.0. The molecule has 0 radical (unpaired) electrons. The van der Waals surface area contributed by atoms with Crippen molar-refractivity contribution in [3.63, 3.8) is 0 Å². The smallest absolute Gasteiger partial charge is 0.424 e. The number of hydrogen-bond donors (Lipinski definition) is 0. The number of methoxy groups -OCH3 is 1. The lowest BCUT2D eigenvalue weighted by molar-refractivity contribution is 0.210. The van der Waals surface area contributed by atoms with Gasteiger partial charge < -0.3 is 18.6 Å². The minimum Gasteiger partial charge on any atom is -0.493 e. The van der Waals surface area contributed by atoms with Crippen molar-refractivity contribution in [2.45, 2.75) is 6.92 Å². The molecule has 0 aliphatic carbocycles. The van der Waals surface area contributed by atoms with E-state index in [1.54, 1.807) is 43.3 Å². The van der Waals surface area contributed by atoms with E-state index in [0.717, 1.165) is 0 Å². The van der Waals surface area contributed by atoms with Gasteiger partial charge in [0.15, 0.2) is 11.5 Å². The molecule has 0 atom stereocenters. The van der Waals surface area contributed by atoms with Gasteiger partial charge in [-0.2, -0.15) is 0 Å². The molecular formula is C30H23NO6. The lowest BCUT2D eigenvalue weighted by Gasteiger charge is -2.22. The maximum atomic E-state index is 13.3. The molecule has 7 nitrogen and oxygen atoms in total. The van der Waals surface area contributed by atoms with Gasteiger partial charge in [-0.1, -0.05) is 48.5 Å². The summed E-state index contributed by atoms with van der Waals surface area (Å²) in [5, 5.41) is 0.290. The van der Waals surface area contributed by atoms with Gasteiger partial charge in [-0.3, -0.25) is 4.79 Å². The predicted molar refractivity (Wildman–Crippen MR) is 141 cm³/mol. The van der Waals surface area contributed by atoms with Crippen LogP contribution >= 0.6 is 0 Å². The van der Waals surface area contributed by atoms with Crippen molar-refractivity contribution in [2.24, 2.45) is 0 Å². The van der Waals surface area contributed by atoms with E-state index >= 15 is 0 Å². The fourth-order valence-corrected chi connectivity index (χ4v) is 3.92. The van der Waals surface area contributed by atoms with Gasteiger partial charge in [-0.15, -0.1) is 0 Å². The second-order valence-electron chi connectivity index (χ2n) is 8.10. The van der Waals surface area contributed by atoms with E-state index in [-0.39, 0.29) is 28.3 Å². The van der Waals surface area contributed by atoms with Crippen LogP contribution in [0, 0.1) is 6.92 Å². The highest BCUT2D eigenvalue weighted by molar-refractivity contribution is 5.97. The standard InChI is InChI=1S/C30H23NO6/c1-20-29(37-26-16-10-9-15-25(26)34-2)28(32)24-18-17-23(19-27(24)35-20)36-30(33)31(21-11-5-3-6-12-21)22-13-7-4-8-14-22/h3-19H,1-2H3. The van der Waals surface area contributed by atoms with Gasteiger partial charge in [-0.05, 0) is 55.5 Å². The Kier molecular flexibility index (Phi) is 6.59. The Morgan fingerprint density at radius 2 is 1.38 bits per heavy atom. The Morgan fingerprint density at radius 3 is 2.00 bits per heavy atom. The first kappa shape index (κ1) is 23.7. The van der Waals surface area contributed by atoms with Crippen LogP contribution in [0.2, 0.25) is 0 Å². The number of carbonyl (C=O) groups excluding carboxylic acids is 1. The summed E-state index contributed by atoms with van der Waals surface area (Å²) in [7, 11) is 1.53. The summed E-state index contributed by atoms with van der Waals surface area (Å²) in [6.07, 6.45) is -0.605. The second-order valence-corrected chi connectivity index (χ2v) is 8.10. The van der Waals surface area contributed by atoms with Crippen LogP contribution < -0.4 is 24.5 Å². The molecule has 0 aliphatic rings. The Bertz CT molecular complexity index is 1570. The molecule has 0 N–H and O–H groups in total. The molecule has 7 heteroatoms. The van der Waals surface area contributed by atoms with Crippen LogP contribution in [-0.2, 0) is 0 Å². The van der Waals surface area contributed by atoms with Crippen LogP contribution in [0.3, 0.4) is 0 Å². The molecule has 0 unspecified atom stereocenters. The van der Waals surface area contributed by atoms with Gasteiger partial charge in [0, 0.05) is 6.07 Å². The van der Waals surface area contributed by atoms with Crippen LogP contribution in [0.25, 0.3) is 11.0 Å². The van der Waals surface area contributed by atoms with Crippen molar-refractivity contribution >= 4 is 28.4 Å². The third-order valence-electron chi connectivity index (χ3n) is 5.68. The first-order valence-electron chi connectivity index (χ1n) is 11.6. The normalized spacial score (nSPS) is 10.6. The predicted octanol–water partition coefficient (Wildman–Crippen LogP) is 7.24. The fourth-order valence-electron chi connectivity index (χ4n) is 3.92. The monoisotopic (exact) mass is 493 g/mol. The van der Waals surface area contributed by atoms with Crippen molar-refractivity contribution in [2.75, 3.05) is 12.0 Å². The molecule has 184 valence electrons. The number of aryl methyl sites for hydroxylation is 1. The van der Waals surface area contributed by atoms with Gasteiger partial charge >= 0.3 is 6.09 Å². The number of para-hydroxylation sites is 4. The highest BCUT2D eigenvalue weighted by Crippen LogP contribution is 2.33. The zero-order valence-corrected chi connectivity index (χ0v) is 20.2. The molecule has 5 rings (SSSR count). The average Bonchev–Trinajstić information content (AvgIpc) is 2.92. The fraction of sp³-hybridized carbons (Fsp3) is 0.0667. The van der Waals surface area contributed by atoms with Crippen molar-refractivity contribution in [1.82, 2.24) is 0 Å². The number of ether oxygens (including phenoxy) is 3. The van der Waals surface area contributed by atoms with E-state index in [0.29, 0.717) is 28.3 Å². The summed E-state index contributed by atoms with van der Waals surface area (Å²) in [6.45, 7) is 1.64. The number of hydrogen-bond acceptors (Lipinski definition) is 6. The van der Waals surface area contributed by atoms with Crippen LogP contribution in [0.15, 0.2) is 112 Å². The molecule has 0 aliphatic heterocycles. The molecule has 4 aromatic carbocycles. The summed E-state index contributed by atoms with van der Waals surface area (Å²) < 4.78 is 22.8. The minimum atomic E-state index is -0.605. The van der Waals surface area contributed by atoms with Crippen molar-refractivity contribution in [3.05, 3.63) is 119 Å². The average molecular weight is 494 g/mol. The minimum absolute atomic E-state index is 0.0566. The second kappa shape index (κ2) is 10.3. The summed E-state index contributed by atoms with van der Waals surface area (Å²) in [5.74, 6) is 1.45. The van der Waals surface area contributed by atoms with Gasteiger partial charge in [0.25, 0.3) is 0 Å². The van der Waals surface area contributed by atoms with E-state index in [9.17, 15) is 9.59 Å². The number of benzene rings is 4. The lowest BCUT2D eigenvalue weighted by atomic mass is 10.2. The maximum Gasteiger partial charge on any atom is 0.424 e. The molecule has 0 spiro atoms. The highest BCUT2D eigenvalue weighted by atomic mass is 16.6. The molecule has 37 heavy (non-hydrogen) atoms. The SMILES string of the molecule is COc1ccccc1Oc1c(C)oc2cc(OC(=O)N(c3ccccc3)c3ccccc3)ccc2c1=O. The van der Waals surface area contributed by atoms with Crippen LogP contribution in [-0.4, -0.2) is 13.2 Å². The molecule has 0 bridgehead atoms. The van der Waals surface area contributed by atoms with Crippen LogP contribution in [0.1, 0.15) is 5.76 Å². The molecule has 1 heterocycles. The Balaban J connectivity index is 1.46. The van der Waals surface area contributed by atoms with Crippen LogP contribution in [0.5, 0.6) is 23.0 Å². The van der Waals surface area contributed by atoms with Crippen molar-refractivity contribution < 1.29 is 23.4 Å². The van der Waals surface area contributed by atoms with Gasteiger partial charge in [0.05, 0.1) is 23.9 Å². The molecule has 5 aromatic rings. The van der Waals surface area contributed by atoms with E-state index < -0.39 is 6.09 Å². The summed E-state index contributed by atoms with van der Waals surface area (Å²) in [4.78, 5) is 28.0. The quantitative estimate of drug-likeness (QED) is 0.248. The first-order chi connectivity index (χ1) is 18.0. The Labute approximate surface area is 213 Å². The third-order valence-corrected chi connectivity index (χ3v) is 5.68. The van der Waals surface area contributed by atoms with E-state index in [1.165, 1.54) is 18.1 Å². The number of amides is 1. The van der Waals surface area contributed by atoms with E-state index in [2.05, 4.69) is 0 Å². The highest BCUT2D eigenvalue weighted by Gasteiger charge is 2.21. The van der Waals surface area contributed by atoms with E-state index in [4.69, 9.17) is 18.6 Å². The van der Waals surface area contributed by atoms with E-state index in [1.807, 2.05) is 60.7 Å². The number of rotatable bonds is 6. The maximum absolute atomic E-state index is 13.3. The third kappa shape index (κ3) is 4.88. The van der Waals surface area contributed by atoms with Gasteiger partial charge in [0.1, 0.15) is 17.1 Å². The molecule has 1 amide bonds. The largest absolute Gasteiger partial charge is 0.493 e. The zero-order valence-electron chi connectivity index (χ0n) is 20.2. The van der Waals surface area contributed by atoms with Crippen molar-refractivity contribution in [1.29, 1.82) is 0 Å². The van der Waals surface area contributed by atoms with Crippen molar-refractivity contribution in [3.8, 4) is 23.0 Å². The summed E-state index contributed by atoms with van der Waals surface area (Å²) in [5.41, 5.74) is 1.23.